The maximum absolute atomic E-state index is 12.9. The Morgan fingerprint density at radius 3 is 2.46 bits per heavy atom. The molecule has 0 aromatic heterocycles. The van der Waals surface area contributed by atoms with Gasteiger partial charge in [-0.15, -0.1) is 12.4 Å². The highest BCUT2D eigenvalue weighted by Gasteiger charge is 2.47. The van der Waals surface area contributed by atoms with E-state index in [1.807, 2.05) is 0 Å². The zero-order valence-electron chi connectivity index (χ0n) is 14.7. The molecule has 1 aliphatic carbocycles. The van der Waals surface area contributed by atoms with Gasteiger partial charge in [0, 0.05) is 19.1 Å². The molecule has 0 spiro atoms. The fourth-order valence-electron chi connectivity index (χ4n) is 3.92. The van der Waals surface area contributed by atoms with Gasteiger partial charge in [-0.05, 0) is 56.8 Å². The molecule has 1 heterocycles. The molecule has 0 unspecified atom stereocenters. The number of piperidine rings is 1. The van der Waals surface area contributed by atoms with Crippen molar-refractivity contribution in [3.8, 4) is 0 Å². The Bertz CT molecular complexity index is 561. The zero-order valence-corrected chi connectivity index (χ0v) is 15.5. The number of hydrogen-bond acceptors (Lipinski definition) is 3. The van der Waals surface area contributed by atoms with E-state index in [0.717, 1.165) is 45.3 Å². The zero-order chi connectivity index (χ0) is 16.3. The summed E-state index contributed by atoms with van der Waals surface area (Å²) in [4.78, 5) is 12.9. The predicted molar refractivity (Wildman–Crippen MR) is 98.8 cm³/mol. The normalized spacial score (nSPS) is 20.8. The molecule has 0 radical (unpaired) electrons. The number of carbonyl (C=O) groups is 1. The van der Waals surface area contributed by atoms with E-state index in [1.165, 1.54) is 11.1 Å². The van der Waals surface area contributed by atoms with E-state index in [1.54, 1.807) is 7.11 Å². The van der Waals surface area contributed by atoms with Gasteiger partial charge in [0.25, 0.3) is 0 Å². The lowest BCUT2D eigenvalue weighted by Gasteiger charge is -2.36. The molecular formula is C19H29ClN2O2. The monoisotopic (exact) mass is 352 g/mol. The highest BCUT2D eigenvalue weighted by atomic mass is 35.5. The number of nitrogens with one attached hydrogen (secondary N) is 2. The second-order valence-corrected chi connectivity index (χ2v) is 7.24. The molecule has 4 nitrogen and oxygen atoms in total. The van der Waals surface area contributed by atoms with Gasteiger partial charge in [0.2, 0.25) is 5.91 Å². The van der Waals surface area contributed by atoms with Gasteiger partial charge in [-0.25, -0.2) is 0 Å². The standard InChI is InChI=1S/C19H28N2O2.ClH/c1-15-5-3-4-6-16(15)18(7-8-18)13-21-17(22)19(14-23-2)9-11-20-12-10-19;/h3-6,20H,7-14H2,1-2H3,(H,21,22);1H. The molecule has 1 saturated heterocycles. The maximum atomic E-state index is 12.9. The first-order valence-electron chi connectivity index (χ1n) is 8.66. The minimum absolute atomic E-state index is 0. The minimum atomic E-state index is -0.359. The summed E-state index contributed by atoms with van der Waals surface area (Å²) in [7, 11) is 1.69. The van der Waals surface area contributed by atoms with Crippen LogP contribution in [-0.4, -0.2) is 39.3 Å². The van der Waals surface area contributed by atoms with Crippen molar-refractivity contribution in [2.24, 2.45) is 5.41 Å². The number of carbonyl (C=O) groups excluding carboxylic acids is 1. The Hall–Kier alpha value is -1.10. The van der Waals surface area contributed by atoms with Crippen molar-refractivity contribution < 1.29 is 9.53 Å². The van der Waals surface area contributed by atoms with Crippen LogP contribution in [-0.2, 0) is 14.9 Å². The first-order chi connectivity index (χ1) is 11.1. The Morgan fingerprint density at radius 1 is 1.21 bits per heavy atom. The van der Waals surface area contributed by atoms with Gasteiger partial charge < -0.3 is 15.4 Å². The third-order valence-corrected chi connectivity index (χ3v) is 5.62. The quantitative estimate of drug-likeness (QED) is 0.827. The van der Waals surface area contributed by atoms with Gasteiger partial charge >= 0.3 is 0 Å². The number of amides is 1. The number of aryl methyl sites for hydroxylation is 1. The highest BCUT2D eigenvalue weighted by Crippen LogP contribution is 2.48. The summed E-state index contributed by atoms with van der Waals surface area (Å²) in [5, 5.41) is 6.60. The van der Waals surface area contributed by atoms with Crippen LogP contribution in [0, 0.1) is 12.3 Å². The van der Waals surface area contributed by atoms with Gasteiger partial charge in [-0.1, -0.05) is 24.3 Å². The van der Waals surface area contributed by atoms with Crippen molar-refractivity contribution in [1.82, 2.24) is 10.6 Å². The molecule has 1 saturated carbocycles. The van der Waals surface area contributed by atoms with Crippen LogP contribution in [0.1, 0.15) is 36.8 Å². The van der Waals surface area contributed by atoms with Crippen LogP contribution in [0.5, 0.6) is 0 Å². The van der Waals surface area contributed by atoms with Crippen molar-refractivity contribution in [1.29, 1.82) is 0 Å². The molecule has 2 N–H and O–H groups in total. The van der Waals surface area contributed by atoms with Crippen molar-refractivity contribution in [3.05, 3.63) is 35.4 Å². The number of methoxy groups -OCH3 is 1. The molecule has 2 aliphatic rings. The fraction of sp³-hybridized carbons (Fsp3) is 0.632. The molecule has 134 valence electrons. The number of halogens is 1. The highest BCUT2D eigenvalue weighted by molar-refractivity contribution is 5.85. The van der Waals surface area contributed by atoms with Crippen LogP contribution in [0.4, 0.5) is 0 Å². The van der Waals surface area contributed by atoms with E-state index in [2.05, 4.69) is 41.8 Å². The lowest BCUT2D eigenvalue weighted by Crippen LogP contribution is -2.51. The van der Waals surface area contributed by atoms with E-state index in [4.69, 9.17) is 4.74 Å². The average Bonchev–Trinajstić information content (AvgIpc) is 3.35. The molecule has 1 aromatic carbocycles. The first kappa shape index (κ1) is 19.2. The van der Waals surface area contributed by atoms with Crippen LogP contribution in [0.25, 0.3) is 0 Å². The minimum Gasteiger partial charge on any atom is -0.384 e. The van der Waals surface area contributed by atoms with E-state index >= 15 is 0 Å². The first-order valence-corrected chi connectivity index (χ1v) is 8.66. The third kappa shape index (κ3) is 3.76. The molecule has 5 heteroatoms. The molecular weight excluding hydrogens is 324 g/mol. The van der Waals surface area contributed by atoms with Gasteiger partial charge in [0.05, 0.1) is 12.0 Å². The fourth-order valence-corrected chi connectivity index (χ4v) is 3.92. The summed E-state index contributed by atoms with van der Waals surface area (Å²) in [6, 6.07) is 8.56. The van der Waals surface area contributed by atoms with Crippen LogP contribution in [0.15, 0.2) is 24.3 Å². The number of rotatable bonds is 6. The number of hydrogen-bond donors (Lipinski definition) is 2. The maximum Gasteiger partial charge on any atom is 0.228 e. The molecule has 0 bridgehead atoms. The van der Waals surface area contributed by atoms with Gasteiger partial charge in [0.1, 0.15) is 0 Å². The SMILES string of the molecule is COCC1(C(=O)NCC2(c3ccccc3C)CC2)CCNCC1.Cl. The Labute approximate surface area is 151 Å². The Balaban J connectivity index is 0.00000208. The molecule has 1 amide bonds. The summed E-state index contributed by atoms with van der Waals surface area (Å²) in [5.41, 5.74) is 2.52. The lowest BCUT2D eigenvalue weighted by atomic mass is 9.78. The van der Waals surface area contributed by atoms with E-state index in [-0.39, 0.29) is 29.1 Å². The van der Waals surface area contributed by atoms with E-state index in [9.17, 15) is 4.79 Å². The molecule has 1 aromatic rings. The summed E-state index contributed by atoms with van der Waals surface area (Å²) < 4.78 is 5.37. The van der Waals surface area contributed by atoms with Gasteiger partial charge in [-0.2, -0.15) is 0 Å². The van der Waals surface area contributed by atoms with Crippen LogP contribution in [0.3, 0.4) is 0 Å². The average molecular weight is 353 g/mol. The lowest BCUT2D eigenvalue weighted by molar-refractivity contribution is -0.136. The van der Waals surface area contributed by atoms with Crippen LogP contribution < -0.4 is 10.6 Å². The predicted octanol–water partition coefficient (Wildman–Crippen LogP) is 2.58. The largest absolute Gasteiger partial charge is 0.384 e. The summed E-state index contributed by atoms with van der Waals surface area (Å²) >= 11 is 0. The second kappa shape index (κ2) is 7.85. The van der Waals surface area contributed by atoms with Crippen molar-refractivity contribution in [2.45, 2.75) is 38.0 Å². The topological polar surface area (TPSA) is 50.4 Å². The molecule has 1 aliphatic heterocycles. The summed E-state index contributed by atoms with van der Waals surface area (Å²) in [6.07, 6.45) is 4.03. The molecule has 0 atom stereocenters. The Morgan fingerprint density at radius 2 is 1.88 bits per heavy atom. The van der Waals surface area contributed by atoms with Crippen LogP contribution >= 0.6 is 12.4 Å². The summed E-state index contributed by atoms with van der Waals surface area (Å²) in [5.74, 6) is 0.167. The van der Waals surface area contributed by atoms with Crippen LogP contribution in [0.2, 0.25) is 0 Å². The molecule has 24 heavy (non-hydrogen) atoms. The van der Waals surface area contributed by atoms with Gasteiger partial charge in [0.15, 0.2) is 0 Å². The molecule has 2 fully saturated rings. The number of ether oxygens (including phenoxy) is 1. The van der Waals surface area contributed by atoms with Gasteiger partial charge in [-0.3, -0.25) is 4.79 Å². The molecule has 3 rings (SSSR count). The third-order valence-electron chi connectivity index (χ3n) is 5.62. The summed E-state index contributed by atoms with van der Waals surface area (Å²) in [6.45, 7) is 5.20. The number of benzene rings is 1. The van der Waals surface area contributed by atoms with Crippen molar-refractivity contribution in [3.63, 3.8) is 0 Å². The van der Waals surface area contributed by atoms with Crippen molar-refractivity contribution in [2.75, 3.05) is 33.4 Å². The second-order valence-electron chi connectivity index (χ2n) is 7.24. The van der Waals surface area contributed by atoms with E-state index < -0.39 is 0 Å². The smallest absolute Gasteiger partial charge is 0.228 e. The Kier molecular flexibility index (Phi) is 6.29. The van der Waals surface area contributed by atoms with E-state index in [0.29, 0.717) is 6.61 Å². The van der Waals surface area contributed by atoms with Crippen molar-refractivity contribution >= 4 is 18.3 Å².